The Labute approximate surface area is 283 Å². The van der Waals surface area contributed by atoms with E-state index in [1.807, 2.05) is 31.3 Å². The van der Waals surface area contributed by atoms with Crippen LogP contribution in [0.2, 0.25) is 0 Å². The molecule has 1 heterocycles. The van der Waals surface area contributed by atoms with Crippen LogP contribution in [0.25, 0.3) is 0 Å². The summed E-state index contributed by atoms with van der Waals surface area (Å²) in [7, 11) is 4.84. The van der Waals surface area contributed by atoms with Crippen LogP contribution in [-0.4, -0.2) is 149 Å². The number of ketones is 1. The second kappa shape index (κ2) is 20.3. The van der Waals surface area contributed by atoms with E-state index < -0.39 is 35.6 Å². The molecule has 48 heavy (non-hydrogen) atoms. The van der Waals surface area contributed by atoms with Gasteiger partial charge in [0.2, 0.25) is 0 Å². The summed E-state index contributed by atoms with van der Waals surface area (Å²) in [5.41, 5.74) is 2.74. The largest absolute Gasteiger partial charge is 0.445 e. The molecule has 0 radical (unpaired) electrons. The number of amides is 5. The molecule has 0 saturated carbocycles. The first-order valence-electron chi connectivity index (χ1n) is 16.0. The molecule has 1 atom stereocenters. The second-order valence-electron chi connectivity index (χ2n) is 12.2. The van der Waals surface area contributed by atoms with E-state index in [0.717, 1.165) is 30.9 Å². The van der Waals surface area contributed by atoms with Crippen LogP contribution in [0.3, 0.4) is 0 Å². The van der Waals surface area contributed by atoms with Gasteiger partial charge in [0.15, 0.2) is 5.78 Å². The zero-order valence-corrected chi connectivity index (χ0v) is 29.3. The lowest BCUT2D eigenvalue weighted by molar-refractivity contribution is -0.139. The van der Waals surface area contributed by atoms with Crippen molar-refractivity contribution in [2.45, 2.75) is 40.3 Å². The average Bonchev–Trinajstić information content (AvgIpc) is 3.07. The molecule has 1 aliphatic rings. The SMILES string of the molecule is CNc1ccc(COC(=O)N(CCNC(=O)ONC(=O)C(C)(C)CN(C)C(=O)N(C)[C@H](C)C(C)=O)CCOCCN2CCOCC2)cc1. The van der Waals surface area contributed by atoms with Crippen LogP contribution in [0.15, 0.2) is 24.3 Å². The Kier molecular flexibility index (Phi) is 16.9. The van der Waals surface area contributed by atoms with Crippen molar-refractivity contribution in [3.05, 3.63) is 29.8 Å². The number of likely N-dealkylation sites (N-methyl/N-ethyl adjacent to an activating group) is 1. The molecule has 0 unspecified atom stereocenters. The van der Waals surface area contributed by atoms with Crippen molar-refractivity contribution in [3.8, 4) is 0 Å². The highest BCUT2D eigenvalue weighted by molar-refractivity contribution is 5.87. The van der Waals surface area contributed by atoms with Gasteiger partial charge in [0.1, 0.15) is 6.61 Å². The summed E-state index contributed by atoms with van der Waals surface area (Å²) in [5, 5.41) is 5.54. The van der Waals surface area contributed by atoms with Gasteiger partial charge in [-0.1, -0.05) is 12.1 Å². The molecule has 0 aromatic heterocycles. The van der Waals surface area contributed by atoms with E-state index in [1.54, 1.807) is 20.8 Å². The van der Waals surface area contributed by atoms with Gasteiger partial charge in [-0.25, -0.2) is 14.4 Å². The highest BCUT2D eigenvalue weighted by atomic mass is 16.7. The maximum Gasteiger partial charge on any atom is 0.431 e. The molecular formula is C32H53N7O9. The summed E-state index contributed by atoms with van der Waals surface area (Å²) in [6.07, 6.45) is -1.50. The second-order valence-corrected chi connectivity index (χ2v) is 12.2. The zero-order valence-electron chi connectivity index (χ0n) is 29.3. The highest BCUT2D eigenvalue weighted by Gasteiger charge is 2.33. The smallest absolute Gasteiger partial charge is 0.431 e. The summed E-state index contributed by atoms with van der Waals surface area (Å²) >= 11 is 0. The first kappa shape index (κ1) is 40.0. The molecule has 5 amide bonds. The molecule has 270 valence electrons. The number of hydrogen-bond donors (Lipinski definition) is 3. The lowest BCUT2D eigenvalue weighted by Gasteiger charge is -2.33. The Morgan fingerprint density at radius 2 is 1.69 bits per heavy atom. The van der Waals surface area contributed by atoms with Crippen molar-refractivity contribution in [3.63, 3.8) is 0 Å². The number of hydrogen-bond acceptors (Lipinski definition) is 11. The molecule has 1 aromatic carbocycles. The van der Waals surface area contributed by atoms with E-state index in [0.29, 0.717) is 19.8 Å². The molecule has 1 fully saturated rings. The topological polar surface area (TPSA) is 171 Å². The zero-order chi connectivity index (χ0) is 35.7. The lowest BCUT2D eigenvalue weighted by Crippen LogP contribution is -2.51. The van der Waals surface area contributed by atoms with Crippen molar-refractivity contribution in [2.24, 2.45) is 5.41 Å². The number of nitrogens with one attached hydrogen (secondary N) is 3. The number of anilines is 1. The fraction of sp³-hybridized carbons (Fsp3) is 0.656. The van der Waals surface area contributed by atoms with E-state index in [4.69, 9.17) is 19.0 Å². The Morgan fingerprint density at radius 3 is 2.31 bits per heavy atom. The molecule has 0 bridgehead atoms. The Balaban J connectivity index is 1.83. The summed E-state index contributed by atoms with van der Waals surface area (Å²) in [6, 6.07) is 6.42. The van der Waals surface area contributed by atoms with Crippen molar-refractivity contribution in [1.82, 2.24) is 30.4 Å². The number of hydroxylamine groups is 1. The molecule has 16 heteroatoms. The number of ether oxygens (including phenoxy) is 3. The number of carbonyl (C=O) groups is 5. The third kappa shape index (κ3) is 13.9. The molecular weight excluding hydrogens is 626 g/mol. The molecule has 2 rings (SSSR count). The average molecular weight is 680 g/mol. The summed E-state index contributed by atoms with van der Waals surface area (Å²) < 4.78 is 16.6. The van der Waals surface area contributed by atoms with Crippen LogP contribution in [0.4, 0.5) is 20.1 Å². The monoisotopic (exact) mass is 679 g/mol. The normalized spacial score (nSPS) is 13.9. The standard InChI is InChI=1S/C32H53N7O9/c1-24(25(2)40)37(7)30(43)36(6)23-32(3,4)28(41)35-48-29(42)34-12-13-39(17-21-46-20-16-38-14-18-45-19-15-38)31(44)47-22-26-8-10-27(33-5)11-9-26/h8-11,24,33H,12-23H2,1-7H3,(H,34,42)(H,35,41)/t24-/m1/s1. The summed E-state index contributed by atoms with van der Waals surface area (Å²) in [4.78, 5) is 73.7. The predicted octanol–water partition coefficient (Wildman–Crippen LogP) is 1.76. The molecule has 0 spiro atoms. The van der Waals surface area contributed by atoms with Crippen LogP contribution < -0.4 is 16.1 Å². The van der Waals surface area contributed by atoms with Crippen molar-refractivity contribution >= 4 is 35.6 Å². The quantitative estimate of drug-likeness (QED) is 0.162. The number of Topliss-reactive ketones (excluding diaryl/α,β-unsaturated/α-hetero) is 1. The molecule has 0 aliphatic carbocycles. The third-order valence-electron chi connectivity index (χ3n) is 7.96. The van der Waals surface area contributed by atoms with Crippen LogP contribution in [-0.2, 0) is 35.2 Å². The minimum atomic E-state index is -1.14. The van der Waals surface area contributed by atoms with E-state index in [-0.39, 0.29) is 45.2 Å². The van der Waals surface area contributed by atoms with Crippen molar-refractivity contribution in [1.29, 1.82) is 0 Å². The summed E-state index contributed by atoms with van der Waals surface area (Å²) in [6.45, 7) is 11.2. The molecule has 16 nitrogen and oxygen atoms in total. The van der Waals surface area contributed by atoms with Gasteiger partial charge in [0.25, 0.3) is 5.91 Å². The van der Waals surface area contributed by atoms with Crippen LogP contribution in [0, 0.1) is 5.41 Å². The van der Waals surface area contributed by atoms with E-state index in [9.17, 15) is 24.0 Å². The first-order chi connectivity index (χ1) is 22.7. The number of benzene rings is 1. The molecule has 1 aliphatic heterocycles. The Hall–Kier alpha value is -4.15. The minimum Gasteiger partial charge on any atom is -0.445 e. The number of morpholine rings is 1. The van der Waals surface area contributed by atoms with Gasteiger partial charge >= 0.3 is 18.2 Å². The van der Waals surface area contributed by atoms with Gasteiger partial charge in [-0.3, -0.25) is 14.5 Å². The fourth-order valence-electron chi connectivity index (χ4n) is 4.59. The number of carbonyl (C=O) groups excluding carboxylic acids is 5. The first-order valence-corrected chi connectivity index (χ1v) is 16.0. The van der Waals surface area contributed by atoms with E-state index in [2.05, 4.69) is 21.0 Å². The highest BCUT2D eigenvalue weighted by Crippen LogP contribution is 2.18. The molecule has 1 aromatic rings. The number of rotatable bonds is 17. The summed E-state index contributed by atoms with van der Waals surface area (Å²) in [5.74, 6) is -0.805. The Bertz CT molecular complexity index is 1190. The van der Waals surface area contributed by atoms with Crippen molar-refractivity contribution in [2.75, 3.05) is 98.7 Å². The van der Waals surface area contributed by atoms with Crippen LogP contribution >= 0.6 is 0 Å². The van der Waals surface area contributed by atoms with Gasteiger partial charge in [-0.2, -0.15) is 5.48 Å². The maximum atomic E-state index is 13.0. The lowest BCUT2D eigenvalue weighted by atomic mass is 9.92. The van der Waals surface area contributed by atoms with Gasteiger partial charge in [-0.15, -0.1) is 0 Å². The maximum absolute atomic E-state index is 13.0. The fourth-order valence-corrected chi connectivity index (χ4v) is 4.59. The van der Waals surface area contributed by atoms with Crippen LogP contribution in [0.1, 0.15) is 33.3 Å². The van der Waals surface area contributed by atoms with Gasteiger partial charge in [0, 0.05) is 72.6 Å². The van der Waals surface area contributed by atoms with Gasteiger partial charge in [0.05, 0.1) is 37.9 Å². The van der Waals surface area contributed by atoms with Gasteiger partial charge in [-0.05, 0) is 45.4 Å². The molecule has 3 N–H and O–H groups in total. The number of urea groups is 1. The minimum absolute atomic E-state index is 0.00967. The van der Waals surface area contributed by atoms with Crippen LogP contribution in [0.5, 0.6) is 0 Å². The third-order valence-corrected chi connectivity index (χ3v) is 7.96. The predicted molar refractivity (Wildman–Crippen MR) is 178 cm³/mol. The molecule has 1 saturated heterocycles. The van der Waals surface area contributed by atoms with E-state index in [1.165, 1.54) is 35.7 Å². The van der Waals surface area contributed by atoms with E-state index >= 15 is 0 Å². The van der Waals surface area contributed by atoms with Gasteiger partial charge < -0.3 is 44.4 Å². The Morgan fingerprint density at radius 1 is 1.02 bits per heavy atom. The van der Waals surface area contributed by atoms with Crippen molar-refractivity contribution < 1.29 is 43.0 Å². The number of nitrogens with zero attached hydrogens (tertiary/aromatic N) is 4.